The lowest BCUT2D eigenvalue weighted by Crippen LogP contribution is -2.09. The highest BCUT2D eigenvalue weighted by Crippen LogP contribution is 2.35. The van der Waals surface area contributed by atoms with E-state index in [4.69, 9.17) is 9.63 Å². The molecule has 0 spiro atoms. The number of carboxylic acid groups (broad SMARTS) is 1. The quantitative estimate of drug-likeness (QED) is 0.855. The Morgan fingerprint density at radius 3 is 2.75 bits per heavy atom. The normalized spacial score (nSPS) is 17.6. The molecule has 0 radical (unpaired) electrons. The van der Waals surface area contributed by atoms with Gasteiger partial charge in [-0.05, 0) is 19.8 Å². The fraction of sp³-hybridized carbons (Fsp3) is 0.667. The fourth-order valence-electron chi connectivity index (χ4n) is 2.46. The van der Waals surface area contributed by atoms with Gasteiger partial charge in [-0.1, -0.05) is 24.4 Å². The van der Waals surface area contributed by atoms with E-state index in [0.717, 1.165) is 29.9 Å². The predicted molar refractivity (Wildman–Crippen MR) is 58.4 cm³/mol. The number of hydrogen-bond donors (Lipinski definition) is 1. The highest BCUT2D eigenvalue weighted by molar-refractivity contribution is 5.70. The smallest absolute Gasteiger partial charge is 0.308 e. The topological polar surface area (TPSA) is 63.3 Å². The van der Waals surface area contributed by atoms with Crippen LogP contribution in [0.2, 0.25) is 0 Å². The van der Waals surface area contributed by atoms with Crippen LogP contribution in [-0.4, -0.2) is 16.2 Å². The lowest BCUT2D eigenvalue weighted by molar-refractivity contribution is -0.136. The number of aryl methyl sites for hydroxylation is 1. The fourth-order valence-corrected chi connectivity index (χ4v) is 2.46. The molecule has 0 bridgehead atoms. The minimum absolute atomic E-state index is 0.0289. The third-order valence-corrected chi connectivity index (χ3v) is 3.32. The molecule has 16 heavy (non-hydrogen) atoms. The summed E-state index contributed by atoms with van der Waals surface area (Å²) in [4.78, 5) is 10.8. The second kappa shape index (κ2) is 4.68. The summed E-state index contributed by atoms with van der Waals surface area (Å²) in [5, 5.41) is 12.8. The van der Waals surface area contributed by atoms with E-state index in [1.807, 2.05) is 6.92 Å². The van der Waals surface area contributed by atoms with Crippen molar-refractivity contribution in [2.24, 2.45) is 0 Å². The number of aromatic nitrogens is 1. The molecular formula is C12H17NO3. The average molecular weight is 223 g/mol. The molecule has 0 unspecified atom stereocenters. The maximum absolute atomic E-state index is 10.8. The van der Waals surface area contributed by atoms with Gasteiger partial charge in [0, 0.05) is 11.5 Å². The van der Waals surface area contributed by atoms with Crippen LogP contribution in [0.1, 0.15) is 55.0 Å². The Labute approximate surface area is 94.6 Å². The van der Waals surface area contributed by atoms with Crippen molar-refractivity contribution in [2.75, 3.05) is 0 Å². The highest BCUT2D eigenvalue weighted by atomic mass is 16.5. The Morgan fingerprint density at radius 2 is 2.12 bits per heavy atom. The molecule has 1 fully saturated rings. The van der Waals surface area contributed by atoms with Crippen LogP contribution in [0.25, 0.3) is 0 Å². The second-order valence-corrected chi connectivity index (χ2v) is 4.52. The third kappa shape index (κ3) is 2.26. The zero-order chi connectivity index (χ0) is 11.5. The monoisotopic (exact) mass is 223 g/mol. The summed E-state index contributed by atoms with van der Waals surface area (Å²) in [6, 6.07) is 0. The molecule has 1 aromatic heterocycles. The Balaban J connectivity index is 2.22. The Hall–Kier alpha value is -1.32. The molecule has 1 heterocycles. The summed E-state index contributed by atoms with van der Waals surface area (Å²) in [5.74, 6) is 0.382. The zero-order valence-corrected chi connectivity index (χ0v) is 9.53. The maximum atomic E-state index is 10.8. The molecule has 0 aliphatic heterocycles. The van der Waals surface area contributed by atoms with E-state index in [1.54, 1.807) is 0 Å². The van der Waals surface area contributed by atoms with Crippen LogP contribution in [0, 0.1) is 6.92 Å². The molecule has 0 amide bonds. The van der Waals surface area contributed by atoms with E-state index in [1.165, 1.54) is 19.3 Å². The van der Waals surface area contributed by atoms with Gasteiger partial charge in [-0.3, -0.25) is 4.79 Å². The SMILES string of the molecule is Cc1noc(C2CCCCC2)c1CC(=O)O. The van der Waals surface area contributed by atoms with Crippen LogP contribution in [-0.2, 0) is 11.2 Å². The van der Waals surface area contributed by atoms with Crippen LogP contribution < -0.4 is 0 Å². The van der Waals surface area contributed by atoms with Crippen molar-refractivity contribution < 1.29 is 14.4 Å². The Kier molecular flexibility index (Phi) is 3.27. The molecule has 1 aliphatic carbocycles. The Morgan fingerprint density at radius 1 is 1.44 bits per heavy atom. The van der Waals surface area contributed by atoms with E-state index >= 15 is 0 Å². The largest absolute Gasteiger partial charge is 0.481 e. The molecule has 0 aromatic carbocycles. The molecule has 1 N–H and O–H groups in total. The molecular weight excluding hydrogens is 206 g/mol. The molecule has 1 aromatic rings. The number of hydrogen-bond acceptors (Lipinski definition) is 3. The van der Waals surface area contributed by atoms with Gasteiger partial charge in [0.25, 0.3) is 0 Å². The first-order valence-electron chi connectivity index (χ1n) is 5.85. The van der Waals surface area contributed by atoms with Gasteiger partial charge in [-0.2, -0.15) is 0 Å². The van der Waals surface area contributed by atoms with Gasteiger partial charge in [0.15, 0.2) is 0 Å². The van der Waals surface area contributed by atoms with Crippen LogP contribution in [0.4, 0.5) is 0 Å². The third-order valence-electron chi connectivity index (χ3n) is 3.32. The summed E-state index contributed by atoms with van der Waals surface area (Å²) in [5.41, 5.74) is 1.52. The lowest BCUT2D eigenvalue weighted by Gasteiger charge is -2.19. The van der Waals surface area contributed by atoms with Crippen molar-refractivity contribution >= 4 is 5.97 Å². The number of carboxylic acids is 1. The summed E-state index contributed by atoms with van der Waals surface area (Å²) >= 11 is 0. The minimum atomic E-state index is -0.816. The van der Waals surface area contributed by atoms with Crippen molar-refractivity contribution in [3.63, 3.8) is 0 Å². The molecule has 4 nitrogen and oxygen atoms in total. The average Bonchev–Trinajstić information content (AvgIpc) is 2.61. The second-order valence-electron chi connectivity index (χ2n) is 4.52. The van der Waals surface area contributed by atoms with E-state index in [9.17, 15) is 4.79 Å². The van der Waals surface area contributed by atoms with Crippen molar-refractivity contribution in [1.29, 1.82) is 0 Å². The maximum Gasteiger partial charge on any atom is 0.308 e. The number of aliphatic carboxylic acids is 1. The van der Waals surface area contributed by atoms with Gasteiger partial charge in [-0.15, -0.1) is 0 Å². The lowest BCUT2D eigenvalue weighted by atomic mass is 9.85. The first-order valence-corrected chi connectivity index (χ1v) is 5.85. The van der Waals surface area contributed by atoms with E-state index in [2.05, 4.69) is 5.16 Å². The number of rotatable bonds is 3. The molecule has 1 saturated carbocycles. The van der Waals surface area contributed by atoms with Gasteiger partial charge >= 0.3 is 5.97 Å². The molecule has 0 saturated heterocycles. The van der Waals surface area contributed by atoms with Crippen molar-refractivity contribution in [1.82, 2.24) is 5.16 Å². The van der Waals surface area contributed by atoms with Crippen molar-refractivity contribution in [3.05, 3.63) is 17.0 Å². The van der Waals surface area contributed by atoms with Crippen molar-refractivity contribution in [2.45, 2.75) is 51.4 Å². The molecule has 4 heteroatoms. The number of nitrogens with zero attached hydrogens (tertiary/aromatic N) is 1. The van der Waals surface area contributed by atoms with E-state index < -0.39 is 5.97 Å². The minimum Gasteiger partial charge on any atom is -0.481 e. The van der Waals surface area contributed by atoms with Gasteiger partial charge in [0.2, 0.25) is 0 Å². The highest BCUT2D eigenvalue weighted by Gasteiger charge is 2.25. The van der Waals surface area contributed by atoms with Gasteiger partial charge in [0.05, 0.1) is 12.1 Å². The Bertz CT molecular complexity index is 378. The van der Waals surface area contributed by atoms with Crippen molar-refractivity contribution in [3.8, 4) is 0 Å². The van der Waals surface area contributed by atoms with Gasteiger partial charge in [0.1, 0.15) is 5.76 Å². The number of carbonyl (C=O) groups is 1. The van der Waals surface area contributed by atoms with Gasteiger partial charge in [-0.25, -0.2) is 0 Å². The first-order chi connectivity index (χ1) is 7.68. The van der Waals surface area contributed by atoms with Crippen LogP contribution >= 0.6 is 0 Å². The molecule has 88 valence electrons. The van der Waals surface area contributed by atoms with Crippen LogP contribution in [0.3, 0.4) is 0 Å². The molecule has 0 atom stereocenters. The summed E-state index contributed by atoms with van der Waals surface area (Å²) in [6.45, 7) is 1.81. The van der Waals surface area contributed by atoms with E-state index in [-0.39, 0.29) is 6.42 Å². The van der Waals surface area contributed by atoms with Crippen LogP contribution in [0.5, 0.6) is 0 Å². The summed E-state index contributed by atoms with van der Waals surface area (Å²) in [6.07, 6.45) is 5.91. The summed E-state index contributed by atoms with van der Waals surface area (Å²) < 4.78 is 5.32. The standard InChI is InChI=1S/C12H17NO3/c1-8-10(7-11(14)15)12(16-13-8)9-5-3-2-4-6-9/h9H,2-7H2,1H3,(H,14,15). The van der Waals surface area contributed by atoms with Crippen LogP contribution in [0.15, 0.2) is 4.52 Å². The molecule has 1 aliphatic rings. The predicted octanol–water partition coefficient (Wildman–Crippen LogP) is 2.66. The first kappa shape index (κ1) is 11.2. The van der Waals surface area contributed by atoms with E-state index in [0.29, 0.717) is 5.92 Å². The summed E-state index contributed by atoms with van der Waals surface area (Å²) in [7, 11) is 0. The molecule has 2 rings (SSSR count). The zero-order valence-electron chi connectivity index (χ0n) is 9.53. The van der Waals surface area contributed by atoms with Gasteiger partial charge < -0.3 is 9.63 Å².